The fourth-order valence-corrected chi connectivity index (χ4v) is 1.02. The van der Waals surface area contributed by atoms with Crippen molar-refractivity contribution in [1.82, 2.24) is 9.97 Å². The molecule has 10 heavy (non-hydrogen) atoms. The minimum Gasteiger partial charge on any atom is -0.244 e. The van der Waals surface area contributed by atoms with Gasteiger partial charge in [-0.2, -0.15) is 0 Å². The van der Waals surface area contributed by atoms with Gasteiger partial charge in [-0.15, -0.1) is 0 Å². The van der Waals surface area contributed by atoms with Gasteiger partial charge in [0, 0.05) is 18.0 Å². The van der Waals surface area contributed by atoms with Crippen molar-refractivity contribution in [1.29, 1.82) is 0 Å². The first-order chi connectivity index (χ1) is 4.97. The van der Waals surface area contributed by atoms with E-state index < -0.39 is 0 Å². The number of hydrogen-bond acceptors (Lipinski definition) is 3. The monoisotopic (exact) mass is 133 g/mol. The zero-order valence-corrected chi connectivity index (χ0v) is 5.49. The summed E-state index contributed by atoms with van der Waals surface area (Å²) in [7, 11) is 0. The Labute approximate surface area is 58.9 Å². The molecule has 0 unspecified atom stereocenters. The van der Waals surface area contributed by atoms with Crippen LogP contribution in [0, 0.1) is 0 Å². The number of nitrogens with zero attached hydrogens (tertiary/aromatic N) is 3. The summed E-state index contributed by atoms with van der Waals surface area (Å²) in [5.41, 5.74) is 1.16. The standard InChI is InChI=1S/C7H7N3/c1-2-6-4-8-5-10-7(6)9-3-1/h3-5H,1-2H2. The van der Waals surface area contributed by atoms with Gasteiger partial charge >= 0.3 is 0 Å². The van der Waals surface area contributed by atoms with E-state index in [1.54, 1.807) is 0 Å². The largest absolute Gasteiger partial charge is 0.244 e. The van der Waals surface area contributed by atoms with Crippen LogP contribution >= 0.6 is 0 Å². The van der Waals surface area contributed by atoms with Gasteiger partial charge in [-0.05, 0) is 12.8 Å². The van der Waals surface area contributed by atoms with Crippen LogP contribution in [0.3, 0.4) is 0 Å². The molecule has 0 amide bonds. The van der Waals surface area contributed by atoms with Crippen molar-refractivity contribution in [2.45, 2.75) is 12.8 Å². The maximum atomic E-state index is 4.12. The molecule has 2 rings (SSSR count). The Morgan fingerprint density at radius 3 is 3.30 bits per heavy atom. The second kappa shape index (κ2) is 2.17. The summed E-state index contributed by atoms with van der Waals surface area (Å²) < 4.78 is 0. The number of rotatable bonds is 0. The molecule has 0 atom stereocenters. The summed E-state index contributed by atoms with van der Waals surface area (Å²) in [4.78, 5) is 12.0. The van der Waals surface area contributed by atoms with Gasteiger partial charge in [-0.25, -0.2) is 15.0 Å². The average Bonchev–Trinajstić information content (AvgIpc) is 2.05. The Morgan fingerprint density at radius 2 is 2.40 bits per heavy atom. The molecule has 2 heterocycles. The summed E-state index contributed by atoms with van der Waals surface area (Å²) in [5, 5.41) is 0. The van der Waals surface area contributed by atoms with E-state index in [-0.39, 0.29) is 0 Å². The van der Waals surface area contributed by atoms with Gasteiger partial charge in [-0.1, -0.05) is 0 Å². The van der Waals surface area contributed by atoms with Crippen molar-refractivity contribution < 1.29 is 0 Å². The molecule has 1 aromatic heterocycles. The first kappa shape index (κ1) is 5.53. The molecule has 0 spiro atoms. The molecule has 0 radical (unpaired) electrons. The molecular weight excluding hydrogens is 126 g/mol. The van der Waals surface area contributed by atoms with Crippen LogP contribution in [0.15, 0.2) is 17.5 Å². The highest BCUT2D eigenvalue weighted by Crippen LogP contribution is 2.18. The van der Waals surface area contributed by atoms with Gasteiger partial charge in [0.2, 0.25) is 0 Å². The van der Waals surface area contributed by atoms with Gasteiger partial charge in [0.1, 0.15) is 6.33 Å². The number of aryl methyl sites for hydroxylation is 1. The SMILES string of the molecule is C1=Nc2ncncc2CC1. The van der Waals surface area contributed by atoms with E-state index in [4.69, 9.17) is 0 Å². The molecule has 0 bridgehead atoms. The van der Waals surface area contributed by atoms with E-state index in [9.17, 15) is 0 Å². The lowest BCUT2D eigenvalue weighted by Crippen LogP contribution is -1.95. The maximum Gasteiger partial charge on any atom is 0.158 e. The number of aromatic nitrogens is 2. The Kier molecular flexibility index (Phi) is 1.20. The van der Waals surface area contributed by atoms with Crippen LogP contribution in [0.25, 0.3) is 0 Å². The van der Waals surface area contributed by atoms with Gasteiger partial charge in [0.05, 0.1) is 0 Å². The highest BCUT2D eigenvalue weighted by molar-refractivity contribution is 5.66. The molecule has 3 heteroatoms. The minimum atomic E-state index is 0.834. The lowest BCUT2D eigenvalue weighted by molar-refractivity contribution is 0.970. The third-order valence-electron chi connectivity index (χ3n) is 1.52. The molecule has 1 aromatic rings. The Balaban J connectivity index is 2.54. The zero-order chi connectivity index (χ0) is 6.81. The van der Waals surface area contributed by atoms with Gasteiger partial charge in [0.15, 0.2) is 5.82 Å². The van der Waals surface area contributed by atoms with E-state index in [1.165, 1.54) is 6.33 Å². The molecule has 0 aromatic carbocycles. The summed E-state index contributed by atoms with van der Waals surface area (Å²) in [5.74, 6) is 0.834. The maximum absolute atomic E-state index is 4.12. The van der Waals surface area contributed by atoms with Crippen molar-refractivity contribution in [3.05, 3.63) is 18.1 Å². The van der Waals surface area contributed by atoms with E-state index in [0.29, 0.717) is 0 Å². The molecular formula is C7H7N3. The second-order valence-electron chi connectivity index (χ2n) is 2.22. The summed E-state index contributed by atoms with van der Waals surface area (Å²) in [6.45, 7) is 0. The number of hydrogen-bond donors (Lipinski definition) is 0. The summed E-state index contributed by atoms with van der Waals surface area (Å²) in [6, 6.07) is 0. The normalized spacial score (nSPS) is 14.8. The predicted molar refractivity (Wildman–Crippen MR) is 38.5 cm³/mol. The third-order valence-corrected chi connectivity index (χ3v) is 1.52. The molecule has 1 aliphatic rings. The van der Waals surface area contributed by atoms with Crippen LogP contribution in [-0.4, -0.2) is 16.2 Å². The predicted octanol–water partition coefficient (Wildman–Crippen LogP) is 1.13. The third kappa shape index (κ3) is 0.795. The Bertz CT molecular complexity index is 267. The average molecular weight is 133 g/mol. The van der Waals surface area contributed by atoms with Crippen LogP contribution in [0.2, 0.25) is 0 Å². The van der Waals surface area contributed by atoms with E-state index >= 15 is 0 Å². The molecule has 50 valence electrons. The first-order valence-electron chi connectivity index (χ1n) is 3.28. The lowest BCUT2D eigenvalue weighted by Gasteiger charge is -2.04. The number of aliphatic imine (C=N–C) groups is 1. The van der Waals surface area contributed by atoms with Gasteiger partial charge in [0.25, 0.3) is 0 Å². The molecule has 0 fully saturated rings. The van der Waals surface area contributed by atoms with E-state index in [2.05, 4.69) is 15.0 Å². The van der Waals surface area contributed by atoms with Crippen LogP contribution in [0.1, 0.15) is 12.0 Å². The second-order valence-corrected chi connectivity index (χ2v) is 2.22. The van der Waals surface area contributed by atoms with Crippen molar-refractivity contribution >= 4 is 12.0 Å². The van der Waals surface area contributed by atoms with E-state index in [1.807, 2.05) is 12.4 Å². The summed E-state index contributed by atoms with van der Waals surface area (Å²) in [6.07, 6.45) is 7.30. The lowest BCUT2D eigenvalue weighted by atomic mass is 10.1. The van der Waals surface area contributed by atoms with Crippen LogP contribution in [0.4, 0.5) is 5.82 Å². The van der Waals surface area contributed by atoms with Crippen LogP contribution < -0.4 is 0 Å². The van der Waals surface area contributed by atoms with E-state index in [0.717, 1.165) is 24.2 Å². The van der Waals surface area contributed by atoms with Crippen molar-refractivity contribution in [3.63, 3.8) is 0 Å². The molecule has 1 aliphatic heterocycles. The Hall–Kier alpha value is -1.25. The number of fused-ring (bicyclic) bond motifs is 1. The zero-order valence-electron chi connectivity index (χ0n) is 5.49. The fourth-order valence-electron chi connectivity index (χ4n) is 1.02. The minimum absolute atomic E-state index is 0.834. The van der Waals surface area contributed by atoms with Crippen molar-refractivity contribution in [2.24, 2.45) is 4.99 Å². The Morgan fingerprint density at radius 1 is 1.40 bits per heavy atom. The molecule has 0 saturated carbocycles. The highest BCUT2D eigenvalue weighted by Gasteiger charge is 2.04. The first-order valence-corrected chi connectivity index (χ1v) is 3.28. The van der Waals surface area contributed by atoms with Gasteiger partial charge < -0.3 is 0 Å². The van der Waals surface area contributed by atoms with Gasteiger partial charge in [-0.3, -0.25) is 0 Å². The highest BCUT2D eigenvalue weighted by atomic mass is 14.9. The van der Waals surface area contributed by atoms with Crippen LogP contribution in [-0.2, 0) is 6.42 Å². The topological polar surface area (TPSA) is 38.1 Å². The molecule has 3 nitrogen and oxygen atoms in total. The quantitative estimate of drug-likeness (QED) is 0.532. The van der Waals surface area contributed by atoms with Crippen molar-refractivity contribution in [2.75, 3.05) is 0 Å². The molecule has 0 N–H and O–H groups in total. The smallest absolute Gasteiger partial charge is 0.158 e. The fraction of sp³-hybridized carbons (Fsp3) is 0.286. The summed E-state index contributed by atoms with van der Waals surface area (Å²) >= 11 is 0. The molecule has 0 saturated heterocycles. The van der Waals surface area contributed by atoms with Crippen LogP contribution in [0.5, 0.6) is 0 Å². The molecule has 0 aliphatic carbocycles. The van der Waals surface area contributed by atoms with Crippen molar-refractivity contribution in [3.8, 4) is 0 Å².